The molecular formula is C21H34O6. The van der Waals surface area contributed by atoms with E-state index in [0.29, 0.717) is 13.0 Å². The van der Waals surface area contributed by atoms with E-state index in [9.17, 15) is 25.2 Å². The monoisotopic (exact) mass is 382 g/mol. The molecule has 4 aliphatic rings. The minimum atomic E-state index is -1.32. The average Bonchev–Trinajstić information content (AvgIpc) is 2.58. The van der Waals surface area contributed by atoms with Crippen LogP contribution in [0.3, 0.4) is 0 Å². The van der Waals surface area contributed by atoms with Crippen molar-refractivity contribution in [2.75, 3.05) is 6.61 Å². The standard InChI is InChI=1S/C21H34O6/c1-10-16-19(4)9-27-14(19)7-13(23)20(16,5)17(25)15(24)12-6-11(22)8-21(10,26)18(12,2)3/h10-16,22-24,26H,6-9H2,1-5H3/t10-,11+,12?,13-,14+,15+,16+,19+,20+,21+/m0/s1. The van der Waals surface area contributed by atoms with E-state index in [2.05, 4.69) is 6.92 Å². The van der Waals surface area contributed by atoms with Crippen LogP contribution in [0.25, 0.3) is 0 Å². The molecule has 10 atom stereocenters. The van der Waals surface area contributed by atoms with E-state index in [1.807, 2.05) is 20.8 Å². The van der Waals surface area contributed by atoms with Gasteiger partial charge in [0.05, 0.1) is 35.9 Å². The van der Waals surface area contributed by atoms with Gasteiger partial charge in [-0.2, -0.15) is 0 Å². The minimum Gasteiger partial charge on any atom is -0.393 e. The van der Waals surface area contributed by atoms with Crippen molar-refractivity contribution in [1.82, 2.24) is 0 Å². The van der Waals surface area contributed by atoms with Gasteiger partial charge < -0.3 is 25.2 Å². The Labute approximate surface area is 160 Å². The van der Waals surface area contributed by atoms with Gasteiger partial charge in [-0.3, -0.25) is 4.79 Å². The zero-order valence-electron chi connectivity index (χ0n) is 17.0. The molecule has 0 aromatic heterocycles. The summed E-state index contributed by atoms with van der Waals surface area (Å²) in [7, 11) is 0. The lowest BCUT2D eigenvalue weighted by molar-refractivity contribution is -0.314. The van der Waals surface area contributed by atoms with Crippen molar-refractivity contribution in [3.8, 4) is 0 Å². The summed E-state index contributed by atoms with van der Waals surface area (Å²) in [6, 6.07) is 0. The fourth-order valence-corrected chi connectivity index (χ4v) is 7.53. The first-order chi connectivity index (χ1) is 12.3. The lowest BCUT2D eigenvalue weighted by Crippen LogP contribution is -2.76. The SMILES string of the molecule is C[C@H]1[C@@H]2[C@]3(C)CO[C@@H]3C[C@H](O)[C@@]2(C)C(=O)[C@H](O)C2C[C@@H](O)C[C@]1(O)C2(C)C. The quantitative estimate of drug-likeness (QED) is 0.496. The van der Waals surface area contributed by atoms with Gasteiger partial charge in [-0.15, -0.1) is 0 Å². The molecule has 0 radical (unpaired) electrons. The van der Waals surface area contributed by atoms with Crippen molar-refractivity contribution in [1.29, 1.82) is 0 Å². The van der Waals surface area contributed by atoms with Crippen molar-refractivity contribution in [2.45, 2.75) is 83.9 Å². The molecule has 0 aromatic carbocycles. The molecule has 6 heteroatoms. The van der Waals surface area contributed by atoms with Crippen molar-refractivity contribution < 1.29 is 30.0 Å². The Hall–Kier alpha value is -0.530. The van der Waals surface area contributed by atoms with E-state index in [-0.39, 0.29) is 42.0 Å². The van der Waals surface area contributed by atoms with Gasteiger partial charge in [-0.25, -0.2) is 0 Å². The highest BCUT2D eigenvalue weighted by Gasteiger charge is 2.73. The number of hydrogen-bond acceptors (Lipinski definition) is 6. The summed E-state index contributed by atoms with van der Waals surface area (Å²) >= 11 is 0. The number of fused-ring (bicyclic) bond motifs is 5. The number of rotatable bonds is 0. The van der Waals surface area contributed by atoms with Crippen LogP contribution in [-0.4, -0.2) is 62.8 Å². The van der Waals surface area contributed by atoms with Gasteiger partial charge in [0.2, 0.25) is 0 Å². The third-order valence-electron chi connectivity index (χ3n) is 9.37. The van der Waals surface area contributed by atoms with Crippen molar-refractivity contribution in [2.24, 2.45) is 34.0 Å². The third-order valence-corrected chi connectivity index (χ3v) is 9.37. The number of carbonyl (C=O) groups is 1. The second kappa shape index (κ2) is 5.54. The number of ketones is 1. The van der Waals surface area contributed by atoms with Crippen LogP contribution in [0.15, 0.2) is 0 Å². The van der Waals surface area contributed by atoms with Gasteiger partial charge in [0.1, 0.15) is 6.10 Å². The topological polar surface area (TPSA) is 107 Å². The van der Waals surface area contributed by atoms with Gasteiger partial charge >= 0.3 is 0 Å². The molecule has 27 heavy (non-hydrogen) atoms. The molecule has 1 saturated heterocycles. The first-order valence-electron chi connectivity index (χ1n) is 10.2. The van der Waals surface area contributed by atoms with Crippen molar-refractivity contribution in [3.05, 3.63) is 0 Å². The lowest BCUT2D eigenvalue weighted by atomic mass is 9.39. The van der Waals surface area contributed by atoms with Gasteiger partial charge in [0.25, 0.3) is 0 Å². The fraction of sp³-hybridized carbons (Fsp3) is 0.952. The Morgan fingerprint density at radius 3 is 2.26 bits per heavy atom. The highest BCUT2D eigenvalue weighted by Crippen LogP contribution is 2.66. The minimum absolute atomic E-state index is 0.159. The predicted octanol–water partition coefficient (Wildman–Crippen LogP) is 0.886. The summed E-state index contributed by atoms with van der Waals surface area (Å²) in [5, 5.41) is 44.6. The molecule has 0 amide bonds. The van der Waals surface area contributed by atoms with E-state index in [1.165, 1.54) is 0 Å². The Morgan fingerprint density at radius 1 is 1.07 bits per heavy atom. The highest BCUT2D eigenvalue weighted by molar-refractivity contribution is 5.90. The van der Waals surface area contributed by atoms with E-state index in [1.54, 1.807) is 6.92 Å². The zero-order valence-corrected chi connectivity index (χ0v) is 17.0. The summed E-state index contributed by atoms with van der Waals surface area (Å²) in [5.74, 6) is -1.62. The van der Waals surface area contributed by atoms with Crippen LogP contribution in [0.2, 0.25) is 0 Å². The molecule has 154 valence electrons. The molecule has 3 saturated carbocycles. The smallest absolute Gasteiger partial charge is 0.170 e. The summed E-state index contributed by atoms with van der Waals surface area (Å²) in [4.78, 5) is 13.6. The summed E-state index contributed by atoms with van der Waals surface area (Å²) in [5.41, 5.74) is -3.52. The molecule has 0 spiro atoms. The number of ether oxygens (including phenoxy) is 1. The molecular weight excluding hydrogens is 348 g/mol. The Morgan fingerprint density at radius 2 is 1.70 bits per heavy atom. The number of aliphatic hydroxyl groups excluding tert-OH is 3. The summed E-state index contributed by atoms with van der Waals surface area (Å²) in [6.45, 7) is 10.0. The molecule has 1 aliphatic heterocycles. The van der Waals surface area contributed by atoms with Crippen molar-refractivity contribution >= 4 is 5.78 Å². The van der Waals surface area contributed by atoms with Crippen LogP contribution in [-0.2, 0) is 9.53 Å². The lowest BCUT2D eigenvalue weighted by Gasteiger charge is -2.69. The van der Waals surface area contributed by atoms with E-state index in [0.717, 1.165) is 0 Å². The average molecular weight is 382 g/mol. The Bertz CT molecular complexity index is 663. The number of carbonyl (C=O) groups excluding carboxylic acids is 1. The van der Waals surface area contributed by atoms with Gasteiger partial charge in [0.15, 0.2) is 5.78 Å². The van der Waals surface area contributed by atoms with Crippen LogP contribution >= 0.6 is 0 Å². The van der Waals surface area contributed by atoms with Gasteiger partial charge in [-0.1, -0.05) is 27.7 Å². The van der Waals surface area contributed by atoms with Crippen LogP contribution in [0, 0.1) is 34.0 Å². The fourth-order valence-electron chi connectivity index (χ4n) is 7.53. The molecule has 2 bridgehead atoms. The molecule has 1 heterocycles. The first kappa shape index (κ1) is 19.8. The Kier molecular flexibility index (Phi) is 4.06. The summed E-state index contributed by atoms with van der Waals surface area (Å²) < 4.78 is 5.73. The van der Waals surface area contributed by atoms with Gasteiger partial charge in [-0.05, 0) is 30.6 Å². The zero-order chi connectivity index (χ0) is 20.2. The van der Waals surface area contributed by atoms with E-state index >= 15 is 0 Å². The maximum atomic E-state index is 13.6. The number of hydrogen-bond donors (Lipinski definition) is 4. The highest BCUT2D eigenvalue weighted by atomic mass is 16.5. The molecule has 1 unspecified atom stereocenters. The van der Waals surface area contributed by atoms with Crippen LogP contribution in [0.4, 0.5) is 0 Å². The largest absolute Gasteiger partial charge is 0.393 e. The van der Waals surface area contributed by atoms with Crippen LogP contribution in [0.1, 0.15) is 53.9 Å². The number of aliphatic hydroxyl groups is 4. The normalized spacial score (nSPS) is 59.7. The van der Waals surface area contributed by atoms with Crippen LogP contribution < -0.4 is 0 Å². The molecule has 4 fully saturated rings. The predicted molar refractivity (Wildman–Crippen MR) is 97.7 cm³/mol. The molecule has 0 aromatic rings. The molecule has 6 nitrogen and oxygen atoms in total. The molecule has 3 aliphatic carbocycles. The van der Waals surface area contributed by atoms with Gasteiger partial charge in [0, 0.05) is 24.2 Å². The number of Topliss-reactive ketones (excluding diaryl/α,β-unsaturated/α-hetero) is 1. The van der Waals surface area contributed by atoms with E-state index < -0.39 is 40.7 Å². The molecule has 4 rings (SSSR count). The van der Waals surface area contributed by atoms with E-state index in [4.69, 9.17) is 4.74 Å². The first-order valence-corrected chi connectivity index (χ1v) is 10.2. The van der Waals surface area contributed by atoms with Crippen molar-refractivity contribution in [3.63, 3.8) is 0 Å². The second-order valence-corrected chi connectivity index (χ2v) is 10.8. The second-order valence-electron chi connectivity index (χ2n) is 10.8. The van der Waals surface area contributed by atoms with Crippen LogP contribution in [0.5, 0.6) is 0 Å². The summed E-state index contributed by atoms with van der Waals surface area (Å²) in [6.07, 6.45) is -2.33. The maximum absolute atomic E-state index is 13.6. The Balaban J connectivity index is 1.95. The third kappa shape index (κ3) is 2.11. The maximum Gasteiger partial charge on any atom is 0.170 e. The molecule has 4 N–H and O–H groups in total.